The first-order valence-electron chi connectivity index (χ1n) is 6.90. The van der Waals surface area contributed by atoms with Crippen LogP contribution in [0.5, 0.6) is 5.88 Å². The molecule has 18 heavy (non-hydrogen) atoms. The second-order valence-electron chi connectivity index (χ2n) is 5.29. The van der Waals surface area contributed by atoms with Crippen LogP contribution in [0.4, 0.5) is 0 Å². The molecule has 2 rings (SSSR count). The molecule has 1 aliphatic carbocycles. The fourth-order valence-corrected chi connectivity index (χ4v) is 2.98. The van der Waals surface area contributed by atoms with Crippen molar-refractivity contribution in [3.8, 4) is 5.88 Å². The minimum atomic E-state index is -0.169. The average Bonchev–Trinajstić information content (AvgIpc) is 2.42. The third kappa shape index (κ3) is 3.02. The molecule has 3 nitrogen and oxygen atoms in total. The van der Waals surface area contributed by atoms with E-state index in [0.717, 1.165) is 30.7 Å². The summed E-state index contributed by atoms with van der Waals surface area (Å²) >= 11 is 0. The molecule has 1 N–H and O–H groups in total. The summed E-state index contributed by atoms with van der Waals surface area (Å²) in [6.45, 7) is 2.24. The predicted octanol–water partition coefficient (Wildman–Crippen LogP) is 2.82. The Bertz CT molecular complexity index is 381. The van der Waals surface area contributed by atoms with Crippen molar-refractivity contribution < 1.29 is 9.84 Å². The molecule has 1 aliphatic rings. The molecule has 100 valence electrons. The maximum absolute atomic E-state index is 10.1. The van der Waals surface area contributed by atoms with Crippen molar-refractivity contribution >= 4 is 0 Å². The molecule has 0 saturated heterocycles. The zero-order chi connectivity index (χ0) is 13.0. The zero-order valence-electron chi connectivity index (χ0n) is 11.3. The largest absolute Gasteiger partial charge is 0.481 e. The van der Waals surface area contributed by atoms with Crippen LogP contribution in [0.2, 0.25) is 0 Å². The van der Waals surface area contributed by atoms with Crippen molar-refractivity contribution in [1.29, 1.82) is 0 Å². The highest BCUT2D eigenvalue weighted by Gasteiger charge is 2.29. The molecule has 0 aromatic carbocycles. The Hall–Kier alpha value is -1.09. The summed E-state index contributed by atoms with van der Waals surface area (Å²) in [5, 5.41) is 10.1. The predicted molar refractivity (Wildman–Crippen MR) is 71.6 cm³/mol. The summed E-state index contributed by atoms with van der Waals surface area (Å²) in [5.41, 5.74) is 1.11. The molecular weight excluding hydrogens is 226 g/mol. The van der Waals surface area contributed by atoms with Crippen molar-refractivity contribution in [2.24, 2.45) is 11.8 Å². The highest BCUT2D eigenvalue weighted by atomic mass is 16.5. The van der Waals surface area contributed by atoms with Gasteiger partial charge in [0.1, 0.15) is 0 Å². The molecule has 0 bridgehead atoms. The van der Waals surface area contributed by atoms with Gasteiger partial charge in [0.05, 0.1) is 13.2 Å². The summed E-state index contributed by atoms with van der Waals surface area (Å²) in [6.07, 6.45) is 6.88. The molecule has 0 spiro atoms. The van der Waals surface area contributed by atoms with Gasteiger partial charge in [0.15, 0.2) is 0 Å². The van der Waals surface area contributed by atoms with Gasteiger partial charge in [0, 0.05) is 11.8 Å². The van der Waals surface area contributed by atoms with Crippen molar-refractivity contribution in [2.75, 3.05) is 7.11 Å². The molecule has 1 fully saturated rings. The SMILES string of the molecule is CCC1CCC(O)C(Cc2cccnc2OC)C1. The highest BCUT2D eigenvalue weighted by Crippen LogP contribution is 2.34. The third-order valence-electron chi connectivity index (χ3n) is 4.15. The zero-order valence-corrected chi connectivity index (χ0v) is 11.3. The number of aliphatic hydroxyl groups excluding tert-OH is 1. The van der Waals surface area contributed by atoms with Crippen LogP contribution in [0.25, 0.3) is 0 Å². The van der Waals surface area contributed by atoms with E-state index in [9.17, 15) is 5.11 Å². The molecule has 3 unspecified atom stereocenters. The van der Waals surface area contributed by atoms with E-state index >= 15 is 0 Å². The Balaban J connectivity index is 2.07. The lowest BCUT2D eigenvalue weighted by Gasteiger charge is -2.33. The van der Waals surface area contributed by atoms with E-state index in [4.69, 9.17) is 4.74 Å². The molecule has 1 aromatic heterocycles. The van der Waals surface area contributed by atoms with Gasteiger partial charge in [-0.15, -0.1) is 0 Å². The fraction of sp³-hybridized carbons (Fsp3) is 0.667. The molecular formula is C15H23NO2. The molecule has 1 heterocycles. The Morgan fingerprint density at radius 2 is 2.28 bits per heavy atom. The third-order valence-corrected chi connectivity index (χ3v) is 4.15. The van der Waals surface area contributed by atoms with Crippen molar-refractivity contribution in [3.63, 3.8) is 0 Å². The van der Waals surface area contributed by atoms with E-state index in [1.165, 1.54) is 12.8 Å². The molecule has 3 atom stereocenters. The molecule has 3 heteroatoms. The first kappa shape index (κ1) is 13.3. The van der Waals surface area contributed by atoms with Crippen LogP contribution in [0.1, 0.15) is 38.2 Å². The number of nitrogens with zero attached hydrogens (tertiary/aromatic N) is 1. The van der Waals surface area contributed by atoms with Crippen LogP contribution >= 0.6 is 0 Å². The van der Waals surface area contributed by atoms with Crippen LogP contribution < -0.4 is 4.74 Å². The summed E-state index contributed by atoms with van der Waals surface area (Å²) in [4.78, 5) is 4.22. The smallest absolute Gasteiger partial charge is 0.216 e. The summed E-state index contributed by atoms with van der Waals surface area (Å²) in [7, 11) is 1.65. The highest BCUT2D eigenvalue weighted by molar-refractivity contribution is 5.26. The van der Waals surface area contributed by atoms with Gasteiger partial charge in [-0.1, -0.05) is 19.4 Å². The topological polar surface area (TPSA) is 42.4 Å². The Morgan fingerprint density at radius 1 is 1.44 bits per heavy atom. The molecule has 1 aromatic rings. The summed E-state index contributed by atoms with van der Waals surface area (Å²) in [6, 6.07) is 3.98. The molecule has 0 radical (unpaired) electrons. The van der Waals surface area contributed by atoms with Gasteiger partial charge in [-0.2, -0.15) is 0 Å². The van der Waals surface area contributed by atoms with Gasteiger partial charge < -0.3 is 9.84 Å². The van der Waals surface area contributed by atoms with Crippen molar-refractivity contribution in [2.45, 2.75) is 45.1 Å². The number of aromatic nitrogens is 1. The van der Waals surface area contributed by atoms with Crippen LogP contribution in [0, 0.1) is 11.8 Å². The summed E-state index contributed by atoms with van der Waals surface area (Å²) in [5.74, 6) is 1.81. The fourth-order valence-electron chi connectivity index (χ4n) is 2.98. The minimum absolute atomic E-state index is 0.169. The second kappa shape index (κ2) is 6.19. The first-order valence-corrected chi connectivity index (χ1v) is 6.90. The second-order valence-corrected chi connectivity index (χ2v) is 5.29. The maximum atomic E-state index is 10.1. The van der Waals surface area contributed by atoms with E-state index in [1.807, 2.05) is 12.1 Å². The quantitative estimate of drug-likeness (QED) is 0.892. The number of hydrogen-bond acceptors (Lipinski definition) is 3. The van der Waals surface area contributed by atoms with Crippen LogP contribution in [-0.4, -0.2) is 23.3 Å². The normalized spacial score (nSPS) is 28.1. The van der Waals surface area contributed by atoms with E-state index in [-0.39, 0.29) is 6.10 Å². The van der Waals surface area contributed by atoms with Crippen LogP contribution in [0.3, 0.4) is 0 Å². The average molecular weight is 249 g/mol. The first-order chi connectivity index (χ1) is 8.74. The Labute approximate surface area is 109 Å². The number of pyridine rings is 1. The lowest BCUT2D eigenvalue weighted by atomic mass is 9.76. The van der Waals surface area contributed by atoms with E-state index in [0.29, 0.717) is 11.8 Å². The minimum Gasteiger partial charge on any atom is -0.481 e. The van der Waals surface area contributed by atoms with E-state index in [2.05, 4.69) is 11.9 Å². The van der Waals surface area contributed by atoms with Crippen molar-refractivity contribution in [1.82, 2.24) is 4.98 Å². The Morgan fingerprint density at radius 3 is 3.00 bits per heavy atom. The van der Waals surface area contributed by atoms with E-state index in [1.54, 1.807) is 13.3 Å². The van der Waals surface area contributed by atoms with E-state index < -0.39 is 0 Å². The van der Waals surface area contributed by atoms with Gasteiger partial charge in [-0.25, -0.2) is 4.98 Å². The standard InChI is InChI=1S/C15H23NO2/c1-3-11-6-7-14(17)13(9-11)10-12-5-4-8-16-15(12)18-2/h4-5,8,11,13-14,17H,3,6-7,9-10H2,1-2H3. The lowest BCUT2D eigenvalue weighted by molar-refractivity contribution is 0.0472. The number of rotatable bonds is 4. The number of methoxy groups -OCH3 is 1. The monoisotopic (exact) mass is 249 g/mol. The number of hydrogen-bond donors (Lipinski definition) is 1. The van der Waals surface area contributed by atoms with Crippen LogP contribution in [-0.2, 0) is 6.42 Å². The van der Waals surface area contributed by atoms with Gasteiger partial charge in [0.2, 0.25) is 5.88 Å². The molecule has 0 amide bonds. The Kier molecular flexibility index (Phi) is 4.59. The maximum Gasteiger partial charge on any atom is 0.216 e. The van der Waals surface area contributed by atoms with Gasteiger partial charge >= 0.3 is 0 Å². The van der Waals surface area contributed by atoms with Crippen LogP contribution in [0.15, 0.2) is 18.3 Å². The lowest BCUT2D eigenvalue weighted by Crippen LogP contribution is -2.30. The molecule has 0 aliphatic heterocycles. The number of aliphatic hydroxyl groups is 1. The molecule has 1 saturated carbocycles. The summed E-state index contributed by atoms with van der Waals surface area (Å²) < 4.78 is 5.28. The van der Waals surface area contributed by atoms with Crippen molar-refractivity contribution in [3.05, 3.63) is 23.9 Å². The number of ether oxygens (including phenoxy) is 1. The van der Waals surface area contributed by atoms with Gasteiger partial charge in [-0.3, -0.25) is 0 Å². The van der Waals surface area contributed by atoms with Gasteiger partial charge in [0.25, 0.3) is 0 Å². The van der Waals surface area contributed by atoms with Gasteiger partial charge in [-0.05, 0) is 43.6 Å².